The summed E-state index contributed by atoms with van der Waals surface area (Å²) in [7, 11) is 0. The molecule has 1 heterocycles. The SMILES string of the molecule is Cc1n[nH]c(C)c1CC(OC=O)c1cccc(N)c1. The van der Waals surface area contributed by atoms with E-state index in [4.69, 9.17) is 10.5 Å². The summed E-state index contributed by atoms with van der Waals surface area (Å²) >= 11 is 0. The molecule has 2 rings (SSSR count). The second-order valence-electron chi connectivity index (χ2n) is 4.51. The number of aromatic nitrogens is 2. The predicted molar refractivity (Wildman–Crippen MR) is 72.5 cm³/mol. The molecule has 5 heteroatoms. The number of aromatic amines is 1. The topological polar surface area (TPSA) is 81.0 Å². The van der Waals surface area contributed by atoms with Crippen LogP contribution in [0.4, 0.5) is 5.69 Å². The molecule has 0 aliphatic carbocycles. The zero-order chi connectivity index (χ0) is 13.8. The van der Waals surface area contributed by atoms with Crippen LogP contribution in [0.5, 0.6) is 0 Å². The fourth-order valence-electron chi connectivity index (χ4n) is 2.13. The number of benzene rings is 1. The lowest BCUT2D eigenvalue weighted by Gasteiger charge is -2.16. The Morgan fingerprint density at radius 3 is 2.84 bits per heavy atom. The quantitative estimate of drug-likeness (QED) is 0.636. The summed E-state index contributed by atoms with van der Waals surface area (Å²) in [5.74, 6) is 0. The summed E-state index contributed by atoms with van der Waals surface area (Å²) in [6.45, 7) is 4.35. The van der Waals surface area contributed by atoms with Crippen LogP contribution in [-0.4, -0.2) is 16.7 Å². The molecule has 1 aromatic carbocycles. The Labute approximate surface area is 111 Å². The zero-order valence-corrected chi connectivity index (χ0v) is 11.0. The maximum absolute atomic E-state index is 10.7. The zero-order valence-electron chi connectivity index (χ0n) is 11.0. The molecule has 100 valence electrons. The maximum atomic E-state index is 10.7. The van der Waals surface area contributed by atoms with Crippen molar-refractivity contribution in [3.05, 3.63) is 46.8 Å². The van der Waals surface area contributed by atoms with Crippen LogP contribution in [0.1, 0.15) is 28.6 Å². The Bertz CT molecular complexity index is 558. The number of nitrogens with zero attached hydrogens (tertiary/aromatic N) is 1. The number of nitrogens with one attached hydrogen (secondary N) is 1. The van der Waals surface area contributed by atoms with Gasteiger partial charge in [0.2, 0.25) is 0 Å². The van der Waals surface area contributed by atoms with E-state index >= 15 is 0 Å². The Hall–Kier alpha value is -2.30. The van der Waals surface area contributed by atoms with Crippen LogP contribution in [0.25, 0.3) is 0 Å². The highest BCUT2D eigenvalue weighted by molar-refractivity contribution is 5.44. The number of H-pyrrole nitrogens is 1. The second kappa shape index (κ2) is 5.56. The van der Waals surface area contributed by atoms with Crippen LogP contribution < -0.4 is 5.73 Å². The van der Waals surface area contributed by atoms with Crippen molar-refractivity contribution in [3.63, 3.8) is 0 Å². The molecule has 0 aliphatic rings. The number of hydrogen-bond acceptors (Lipinski definition) is 4. The van der Waals surface area contributed by atoms with Crippen molar-refractivity contribution >= 4 is 12.2 Å². The first-order valence-corrected chi connectivity index (χ1v) is 6.06. The summed E-state index contributed by atoms with van der Waals surface area (Å²) in [6, 6.07) is 7.37. The monoisotopic (exact) mass is 259 g/mol. The normalized spacial score (nSPS) is 12.1. The van der Waals surface area contributed by atoms with Crippen molar-refractivity contribution in [2.24, 2.45) is 0 Å². The van der Waals surface area contributed by atoms with Gasteiger partial charge in [-0.1, -0.05) is 12.1 Å². The smallest absolute Gasteiger partial charge is 0.293 e. The minimum atomic E-state index is -0.351. The molecule has 1 atom stereocenters. The summed E-state index contributed by atoms with van der Waals surface area (Å²) in [5, 5.41) is 7.08. The van der Waals surface area contributed by atoms with Gasteiger partial charge in [0.1, 0.15) is 6.10 Å². The standard InChI is InChI=1S/C14H17N3O2/c1-9-13(10(2)17-16-9)7-14(19-8-18)11-4-3-5-12(15)6-11/h3-6,8,14H,7,15H2,1-2H3,(H,16,17). The fourth-order valence-corrected chi connectivity index (χ4v) is 2.13. The van der Waals surface area contributed by atoms with Gasteiger partial charge in [-0.15, -0.1) is 0 Å². The van der Waals surface area contributed by atoms with Crippen molar-refractivity contribution in [1.82, 2.24) is 10.2 Å². The second-order valence-corrected chi connectivity index (χ2v) is 4.51. The molecule has 0 saturated carbocycles. The maximum Gasteiger partial charge on any atom is 0.293 e. The van der Waals surface area contributed by atoms with E-state index in [0.717, 1.165) is 22.5 Å². The third kappa shape index (κ3) is 2.93. The van der Waals surface area contributed by atoms with Crippen molar-refractivity contribution in [2.45, 2.75) is 26.4 Å². The van der Waals surface area contributed by atoms with Gasteiger partial charge >= 0.3 is 0 Å². The van der Waals surface area contributed by atoms with Crippen molar-refractivity contribution in [1.29, 1.82) is 0 Å². The van der Waals surface area contributed by atoms with Gasteiger partial charge in [-0.25, -0.2) is 0 Å². The lowest BCUT2D eigenvalue weighted by Crippen LogP contribution is -2.08. The van der Waals surface area contributed by atoms with Gasteiger partial charge in [-0.3, -0.25) is 9.89 Å². The van der Waals surface area contributed by atoms with Crippen LogP contribution in [-0.2, 0) is 16.0 Å². The summed E-state index contributed by atoms with van der Waals surface area (Å²) in [6.07, 6.45) is 0.229. The molecule has 5 nitrogen and oxygen atoms in total. The molecule has 19 heavy (non-hydrogen) atoms. The first kappa shape index (κ1) is 13.1. The van der Waals surface area contributed by atoms with Crippen molar-refractivity contribution in [3.8, 4) is 0 Å². The molecule has 0 bridgehead atoms. The molecule has 0 amide bonds. The predicted octanol–water partition coefficient (Wildman–Crippen LogP) is 2.07. The van der Waals surface area contributed by atoms with E-state index in [2.05, 4.69) is 10.2 Å². The Morgan fingerprint density at radius 2 is 2.26 bits per heavy atom. The molecule has 0 saturated heterocycles. The van der Waals surface area contributed by atoms with Gasteiger partial charge in [0.05, 0.1) is 5.69 Å². The van der Waals surface area contributed by atoms with Crippen molar-refractivity contribution < 1.29 is 9.53 Å². The van der Waals surface area contributed by atoms with Gasteiger partial charge in [0.15, 0.2) is 0 Å². The first-order valence-electron chi connectivity index (χ1n) is 6.06. The number of nitrogens with two attached hydrogens (primary N) is 1. The average molecular weight is 259 g/mol. The van der Waals surface area contributed by atoms with Crippen LogP contribution >= 0.6 is 0 Å². The van der Waals surface area contributed by atoms with E-state index in [0.29, 0.717) is 18.6 Å². The number of aryl methyl sites for hydroxylation is 2. The van der Waals surface area contributed by atoms with Gasteiger partial charge in [-0.05, 0) is 37.1 Å². The molecule has 3 N–H and O–H groups in total. The number of hydrogen-bond donors (Lipinski definition) is 2. The molecule has 2 aromatic rings. The molecular formula is C14H17N3O2. The number of carbonyl (C=O) groups is 1. The van der Waals surface area contributed by atoms with E-state index in [1.54, 1.807) is 6.07 Å². The Kier molecular flexibility index (Phi) is 3.85. The van der Waals surface area contributed by atoms with E-state index < -0.39 is 0 Å². The van der Waals surface area contributed by atoms with Gasteiger partial charge < -0.3 is 10.5 Å². The van der Waals surface area contributed by atoms with E-state index in [1.807, 2.05) is 32.0 Å². The van der Waals surface area contributed by atoms with Gasteiger partial charge in [0.25, 0.3) is 6.47 Å². The summed E-state index contributed by atoms with van der Waals surface area (Å²) < 4.78 is 5.19. The molecule has 0 spiro atoms. The Balaban J connectivity index is 2.28. The van der Waals surface area contributed by atoms with Crippen LogP contribution in [0.15, 0.2) is 24.3 Å². The number of anilines is 1. The highest BCUT2D eigenvalue weighted by Gasteiger charge is 2.17. The van der Waals surface area contributed by atoms with Gasteiger partial charge in [-0.2, -0.15) is 5.10 Å². The van der Waals surface area contributed by atoms with Crippen LogP contribution in [0.3, 0.4) is 0 Å². The fraction of sp³-hybridized carbons (Fsp3) is 0.286. The first-order chi connectivity index (χ1) is 9.11. The number of rotatable bonds is 5. The molecule has 1 aromatic heterocycles. The largest absolute Gasteiger partial charge is 0.459 e. The summed E-state index contributed by atoms with van der Waals surface area (Å²) in [5.41, 5.74) is 10.3. The minimum Gasteiger partial charge on any atom is -0.459 e. The molecule has 0 aliphatic heterocycles. The Morgan fingerprint density at radius 1 is 1.47 bits per heavy atom. The van der Waals surface area contributed by atoms with E-state index in [1.165, 1.54) is 0 Å². The molecule has 0 fully saturated rings. The average Bonchev–Trinajstić information content (AvgIpc) is 2.70. The number of carbonyl (C=O) groups excluding carboxylic acids is 1. The summed E-state index contributed by atoms with van der Waals surface area (Å²) in [4.78, 5) is 10.7. The molecule has 1 unspecified atom stereocenters. The number of nitrogen functional groups attached to an aromatic ring is 1. The molecule has 0 radical (unpaired) electrons. The third-order valence-corrected chi connectivity index (χ3v) is 3.17. The highest BCUT2D eigenvalue weighted by atomic mass is 16.5. The van der Waals surface area contributed by atoms with E-state index in [9.17, 15) is 4.79 Å². The minimum absolute atomic E-state index is 0.351. The van der Waals surface area contributed by atoms with Crippen molar-refractivity contribution in [2.75, 3.05) is 5.73 Å². The van der Waals surface area contributed by atoms with Crippen LogP contribution in [0.2, 0.25) is 0 Å². The lowest BCUT2D eigenvalue weighted by molar-refractivity contribution is -0.133. The lowest BCUT2D eigenvalue weighted by atomic mass is 9.99. The highest BCUT2D eigenvalue weighted by Crippen LogP contribution is 2.25. The van der Waals surface area contributed by atoms with Crippen LogP contribution in [0, 0.1) is 13.8 Å². The molecular weight excluding hydrogens is 242 g/mol. The van der Waals surface area contributed by atoms with Gasteiger partial charge in [0, 0.05) is 17.8 Å². The van der Waals surface area contributed by atoms with E-state index in [-0.39, 0.29) is 6.10 Å². The number of ether oxygens (including phenoxy) is 1. The third-order valence-electron chi connectivity index (χ3n) is 3.17.